The van der Waals surface area contributed by atoms with Gasteiger partial charge in [-0.05, 0) is 17.4 Å². The molecule has 0 saturated heterocycles. The Hall–Kier alpha value is -1.50. The molecule has 1 atom stereocenters. The lowest BCUT2D eigenvalue weighted by Crippen LogP contribution is -2.39. The number of rotatable bonds is 4. The number of aliphatic hydroxyl groups is 1. The Morgan fingerprint density at radius 1 is 1.71 bits per heavy atom. The molecular formula is C7H13N5O2. The molecule has 0 aliphatic heterocycles. The summed E-state index contributed by atoms with van der Waals surface area (Å²) >= 11 is 0. The largest absolute Gasteiger partial charge is 0.394 e. The molecule has 78 valence electrons. The maximum Gasteiger partial charge on any atom is 0.244 e. The molecule has 0 aliphatic carbocycles. The van der Waals surface area contributed by atoms with E-state index in [1.54, 1.807) is 14.0 Å². The Morgan fingerprint density at radius 2 is 2.43 bits per heavy atom. The molecule has 0 aromatic carbocycles. The van der Waals surface area contributed by atoms with Crippen LogP contribution >= 0.6 is 0 Å². The fourth-order valence-electron chi connectivity index (χ4n) is 0.871. The zero-order valence-corrected chi connectivity index (χ0v) is 8.16. The summed E-state index contributed by atoms with van der Waals surface area (Å²) in [6, 6.07) is -0.195. The fourth-order valence-corrected chi connectivity index (χ4v) is 0.871. The molecule has 0 fully saturated rings. The van der Waals surface area contributed by atoms with Crippen molar-refractivity contribution >= 4 is 5.91 Å². The summed E-state index contributed by atoms with van der Waals surface area (Å²) < 4.78 is 1.34. The highest BCUT2D eigenvalue weighted by Gasteiger charge is 2.15. The molecule has 0 spiro atoms. The summed E-state index contributed by atoms with van der Waals surface area (Å²) in [4.78, 5) is 13.0. The van der Waals surface area contributed by atoms with Gasteiger partial charge < -0.3 is 10.0 Å². The molecule has 1 N–H and O–H groups in total. The minimum atomic E-state index is -0.195. The van der Waals surface area contributed by atoms with Crippen LogP contribution in [0.4, 0.5) is 0 Å². The number of hydrogen-bond acceptors (Lipinski definition) is 5. The number of tetrazole rings is 1. The van der Waals surface area contributed by atoms with Gasteiger partial charge in [-0.3, -0.25) is 4.79 Å². The molecule has 0 radical (unpaired) electrons. The molecule has 7 heteroatoms. The van der Waals surface area contributed by atoms with Crippen molar-refractivity contribution in [3.63, 3.8) is 0 Å². The van der Waals surface area contributed by atoms with Crippen LogP contribution in [0, 0.1) is 0 Å². The van der Waals surface area contributed by atoms with Gasteiger partial charge in [-0.1, -0.05) is 0 Å². The molecule has 1 aromatic rings. The standard InChI is InChI=1S/C7H13N5O2/c1-6(4-13)11(2)7(14)3-12-5-8-9-10-12/h5-6,13H,3-4H2,1-2H3. The highest BCUT2D eigenvalue weighted by Crippen LogP contribution is 1.96. The highest BCUT2D eigenvalue weighted by atomic mass is 16.3. The first-order chi connectivity index (χ1) is 6.65. The first kappa shape index (κ1) is 10.6. The molecule has 1 heterocycles. The Bertz CT molecular complexity index is 286. The Labute approximate surface area is 81.3 Å². The number of amides is 1. The van der Waals surface area contributed by atoms with Gasteiger partial charge in [0.1, 0.15) is 12.9 Å². The van der Waals surface area contributed by atoms with E-state index < -0.39 is 0 Å². The first-order valence-corrected chi connectivity index (χ1v) is 4.22. The number of carbonyl (C=O) groups excluding carboxylic acids is 1. The Kier molecular flexibility index (Phi) is 3.52. The van der Waals surface area contributed by atoms with Crippen molar-refractivity contribution in [2.24, 2.45) is 0 Å². The van der Waals surface area contributed by atoms with Crippen LogP contribution in [-0.4, -0.2) is 55.8 Å². The average Bonchev–Trinajstić information content (AvgIpc) is 2.68. The molecular weight excluding hydrogens is 186 g/mol. The second kappa shape index (κ2) is 4.66. The smallest absolute Gasteiger partial charge is 0.244 e. The van der Waals surface area contributed by atoms with E-state index in [9.17, 15) is 4.79 Å². The van der Waals surface area contributed by atoms with E-state index in [0.717, 1.165) is 0 Å². The average molecular weight is 199 g/mol. The summed E-state index contributed by atoms with van der Waals surface area (Å²) in [5, 5.41) is 19.2. The van der Waals surface area contributed by atoms with E-state index in [2.05, 4.69) is 15.5 Å². The van der Waals surface area contributed by atoms with Gasteiger partial charge in [-0.15, -0.1) is 5.10 Å². The fraction of sp³-hybridized carbons (Fsp3) is 0.714. The van der Waals surface area contributed by atoms with E-state index >= 15 is 0 Å². The lowest BCUT2D eigenvalue weighted by Gasteiger charge is -2.22. The molecule has 1 aromatic heterocycles. The topological polar surface area (TPSA) is 84.1 Å². The van der Waals surface area contributed by atoms with Gasteiger partial charge in [0, 0.05) is 7.05 Å². The summed E-state index contributed by atoms with van der Waals surface area (Å²) in [5.41, 5.74) is 0. The lowest BCUT2D eigenvalue weighted by molar-refractivity contribution is -0.133. The molecule has 1 unspecified atom stereocenters. The number of carbonyl (C=O) groups is 1. The number of nitrogens with zero attached hydrogens (tertiary/aromatic N) is 5. The number of hydrogen-bond donors (Lipinski definition) is 1. The molecule has 0 aliphatic rings. The van der Waals surface area contributed by atoms with E-state index in [0.29, 0.717) is 0 Å². The quantitative estimate of drug-likeness (QED) is 0.638. The van der Waals surface area contributed by atoms with Crippen LogP contribution < -0.4 is 0 Å². The SMILES string of the molecule is CC(CO)N(C)C(=O)Cn1cnnn1. The summed E-state index contributed by atoms with van der Waals surface area (Å²) in [5.74, 6) is -0.140. The van der Waals surface area contributed by atoms with Gasteiger partial charge in [0.25, 0.3) is 0 Å². The summed E-state index contributed by atoms with van der Waals surface area (Å²) in [7, 11) is 1.63. The minimum Gasteiger partial charge on any atom is -0.394 e. The van der Waals surface area contributed by atoms with Gasteiger partial charge >= 0.3 is 0 Å². The Balaban J connectivity index is 2.50. The zero-order valence-electron chi connectivity index (χ0n) is 8.16. The van der Waals surface area contributed by atoms with E-state index in [1.807, 2.05) is 0 Å². The monoisotopic (exact) mass is 199 g/mol. The van der Waals surface area contributed by atoms with Crippen molar-refractivity contribution in [1.29, 1.82) is 0 Å². The maximum absolute atomic E-state index is 11.5. The molecule has 1 amide bonds. The van der Waals surface area contributed by atoms with Gasteiger partial charge in [0.2, 0.25) is 5.91 Å². The Morgan fingerprint density at radius 3 is 2.93 bits per heavy atom. The highest BCUT2D eigenvalue weighted by molar-refractivity contribution is 5.75. The van der Waals surface area contributed by atoms with Crippen LogP contribution in [0.2, 0.25) is 0 Å². The third kappa shape index (κ3) is 2.49. The van der Waals surface area contributed by atoms with Crippen LogP contribution in [0.5, 0.6) is 0 Å². The molecule has 1 rings (SSSR count). The van der Waals surface area contributed by atoms with Crippen molar-refractivity contribution < 1.29 is 9.90 Å². The third-order valence-electron chi connectivity index (χ3n) is 2.01. The molecule has 0 bridgehead atoms. The van der Waals surface area contributed by atoms with E-state index in [4.69, 9.17) is 5.11 Å². The van der Waals surface area contributed by atoms with Crippen molar-refractivity contribution in [1.82, 2.24) is 25.1 Å². The van der Waals surface area contributed by atoms with Crippen molar-refractivity contribution in [3.8, 4) is 0 Å². The van der Waals surface area contributed by atoms with E-state index in [1.165, 1.54) is 15.9 Å². The number of likely N-dealkylation sites (N-methyl/N-ethyl adjacent to an activating group) is 1. The van der Waals surface area contributed by atoms with E-state index in [-0.39, 0.29) is 25.1 Å². The first-order valence-electron chi connectivity index (χ1n) is 4.22. The zero-order chi connectivity index (χ0) is 10.6. The lowest BCUT2D eigenvalue weighted by atomic mass is 10.3. The van der Waals surface area contributed by atoms with Crippen molar-refractivity contribution in [2.75, 3.05) is 13.7 Å². The maximum atomic E-state index is 11.5. The predicted octanol–water partition coefficient (Wildman–Crippen LogP) is -1.49. The molecule has 7 nitrogen and oxygen atoms in total. The van der Waals surface area contributed by atoms with Gasteiger partial charge in [0.15, 0.2) is 0 Å². The second-order valence-corrected chi connectivity index (χ2v) is 3.04. The number of aromatic nitrogens is 4. The molecule has 14 heavy (non-hydrogen) atoms. The van der Waals surface area contributed by atoms with Crippen molar-refractivity contribution in [2.45, 2.75) is 19.5 Å². The summed E-state index contributed by atoms with van der Waals surface area (Å²) in [6.07, 6.45) is 1.37. The van der Waals surface area contributed by atoms with Gasteiger partial charge in [-0.2, -0.15) is 0 Å². The van der Waals surface area contributed by atoms with Crippen LogP contribution in [0.3, 0.4) is 0 Å². The summed E-state index contributed by atoms with van der Waals surface area (Å²) in [6.45, 7) is 1.79. The van der Waals surface area contributed by atoms with Gasteiger partial charge in [-0.25, -0.2) is 4.68 Å². The number of aliphatic hydroxyl groups excluding tert-OH is 1. The van der Waals surface area contributed by atoms with Gasteiger partial charge in [0.05, 0.1) is 12.6 Å². The third-order valence-corrected chi connectivity index (χ3v) is 2.01. The van der Waals surface area contributed by atoms with Crippen LogP contribution in [0.15, 0.2) is 6.33 Å². The van der Waals surface area contributed by atoms with Crippen LogP contribution in [0.1, 0.15) is 6.92 Å². The normalized spacial score (nSPS) is 12.5. The molecule has 0 saturated carbocycles. The predicted molar refractivity (Wildman–Crippen MR) is 47.1 cm³/mol. The minimum absolute atomic E-state index is 0.0577. The van der Waals surface area contributed by atoms with Crippen molar-refractivity contribution in [3.05, 3.63) is 6.33 Å². The van der Waals surface area contributed by atoms with Crippen LogP contribution in [-0.2, 0) is 11.3 Å². The second-order valence-electron chi connectivity index (χ2n) is 3.04. The van der Waals surface area contributed by atoms with Crippen LogP contribution in [0.25, 0.3) is 0 Å².